The molecular formula is C12H18N2OS. The van der Waals surface area contributed by atoms with Crippen molar-refractivity contribution in [1.29, 1.82) is 0 Å². The molecule has 2 N–H and O–H groups in total. The van der Waals surface area contributed by atoms with Crippen LogP contribution >= 0.6 is 11.3 Å². The third-order valence-electron chi connectivity index (χ3n) is 2.58. The highest BCUT2D eigenvalue weighted by Gasteiger charge is 2.16. The largest absolute Gasteiger partial charge is 0.377 e. The predicted octanol–water partition coefficient (Wildman–Crippen LogP) is 2.73. The van der Waals surface area contributed by atoms with Gasteiger partial charge in [-0.25, -0.2) is 4.98 Å². The van der Waals surface area contributed by atoms with Crippen LogP contribution < -0.4 is 5.73 Å². The van der Waals surface area contributed by atoms with Gasteiger partial charge in [0.25, 0.3) is 0 Å². The summed E-state index contributed by atoms with van der Waals surface area (Å²) in [5, 5.41) is 0.679. The van der Waals surface area contributed by atoms with Crippen LogP contribution in [0.15, 0.2) is 6.08 Å². The minimum atomic E-state index is 0.638. The van der Waals surface area contributed by atoms with Crippen molar-refractivity contribution in [2.45, 2.75) is 26.7 Å². The molecule has 1 aliphatic rings. The van der Waals surface area contributed by atoms with E-state index in [1.807, 2.05) is 0 Å². The minimum absolute atomic E-state index is 0.638. The van der Waals surface area contributed by atoms with Gasteiger partial charge in [0.2, 0.25) is 0 Å². The highest BCUT2D eigenvalue weighted by molar-refractivity contribution is 7.15. The maximum absolute atomic E-state index is 5.81. The second-order valence-electron chi connectivity index (χ2n) is 4.48. The molecule has 0 aromatic carbocycles. The fourth-order valence-corrected chi connectivity index (χ4v) is 2.95. The molecule has 1 aromatic rings. The van der Waals surface area contributed by atoms with Crippen molar-refractivity contribution in [3.05, 3.63) is 16.6 Å². The first-order valence-electron chi connectivity index (χ1n) is 5.69. The Morgan fingerprint density at radius 2 is 2.38 bits per heavy atom. The van der Waals surface area contributed by atoms with E-state index < -0.39 is 0 Å². The predicted molar refractivity (Wildman–Crippen MR) is 68.5 cm³/mol. The smallest absolute Gasteiger partial charge is 0.180 e. The molecule has 0 bridgehead atoms. The molecule has 88 valence electrons. The van der Waals surface area contributed by atoms with Crippen LogP contribution in [0.3, 0.4) is 0 Å². The van der Waals surface area contributed by atoms with Gasteiger partial charge in [-0.1, -0.05) is 19.9 Å². The number of thiazole rings is 1. The molecule has 2 heterocycles. The highest BCUT2D eigenvalue weighted by Crippen LogP contribution is 2.31. The molecule has 0 unspecified atom stereocenters. The second-order valence-corrected chi connectivity index (χ2v) is 5.59. The maximum atomic E-state index is 5.81. The summed E-state index contributed by atoms with van der Waals surface area (Å²) in [4.78, 5) is 5.78. The topological polar surface area (TPSA) is 48.1 Å². The Morgan fingerprint density at radius 3 is 3.00 bits per heavy atom. The summed E-state index contributed by atoms with van der Waals surface area (Å²) < 4.78 is 5.32. The fraction of sp³-hybridized carbons (Fsp3) is 0.583. The van der Waals surface area contributed by atoms with Crippen molar-refractivity contribution in [3.63, 3.8) is 0 Å². The zero-order valence-corrected chi connectivity index (χ0v) is 10.6. The second kappa shape index (κ2) is 4.97. The number of nitrogen functional groups attached to an aromatic ring is 1. The zero-order valence-electron chi connectivity index (χ0n) is 9.82. The molecule has 2 rings (SSSR count). The van der Waals surface area contributed by atoms with Crippen LogP contribution in [-0.4, -0.2) is 18.2 Å². The Balaban J connectivity index is 2.28. The van der Waals surface area contributed by atoms with Crippen molar-refractivity contribution in [3.8, 4) is 0 Å². The SMILES string of the molecule is CC(C)Cc1sc(N)nc1C1=CCOCC1. The van der Waals surface area contributed by atoms with Gasteiger partial charge >= 0.3 is 0 Å². The van der Waals surface area contributed by atoms with E-state index in [1.165, 1.54) is 10.5 Å². The van der Waals surface area contributed by atoms with Gasteiger partial charge in [-0.05, 0) is 24.3 Å². The molecule has 0 atom stereocenters. The zero-order chi connectivity index (χ0) is 11.5. The van der Waals surface area contributed by atoms with Crippen LogP contribution in [0, 0.1) is 5.92 Å². The van der Waals surface area contributed by atoms with E-state index in [0.717, 1.165) is 25.1 Å². The van der Waals surface area contributed by atoms with Crippen molar-refractivity contribution in [2.24, 2.45) is 5.92 Å². The lowest BCUT2D eigenvalue weighted by Crippen LogP contribution is -2.06. The van der Waals surface area contributed by atoms with Crippen molar-refractivity contribution in [2.75, 3.05) is 18.9 Å². The summed E-state index contributed by atoms with van der Waals surface area (Å²) in [6, 6.07) is 0. The first-order chi connectivity index (χ1) is 7.66. The number of hydrogen-bond donors (Lipinski definition) is 1. The number of ether oxygens (including phenoxy) is 1. The van der Waals surface area contributed by atoms with E-state index in [0.29, 0.717) is 17.7 Å². The molecule has 1 aromatic heterocycles. The standard InChI is InChI=1S/C12H18N2OS/c1-8(2)7-10-11(14-12(13)16-10)9-3-5-15-6-4-9/h3,8H,4-7H2,1-2H3,(H2,13,14). The summed E-state index contributed by atoms with van der Waals surface area (Å²) in [7, 11) is 0. The summed E-state index contributed by atoms with van der Waals surface area (Å²) in [5.74, 6) is 0.638. The molecule has 0 saturated heterocycles. The third-order valence-corrected chi connectivity index (χ3v) is 3.48. The van der Waals surface area contributed by atoms with Crippen LogP contribution in [0.4, 0.5) is 5.13 Å². The Labute approximate surface area is 100 Å². The first-order valence-corrected chi connectivity index (χ1v) is 6.50. The highest BCUT2D eigenvalue weighted by atomic mass is 32.1. The van der Waals surface area contributed by atoms with Gasteiger partial charge in [0.15, 0.2) is 5.13 Å². The molecule has 1 aliphatic heterocycles. The van der Waals surface area contributed by atoms with Gasteiger partial charge in [0, 0.05) is 4.88 Å². The normalized spacial score (nSPS) is 16.6. The molecule has 0 radical (unpaired) electrons. The Bertz CT molecular complexity index is 396. The lowest BCUT2D eigenvalue weighted by atomic mass is 10.0. The van der Waals surface area contributed by atoms with Crippen LogP contribution in [-0.2, 0) is 11.2 Å². The molecule has 0 saturated carbocycles. The maximum Gasteiger partial charge on any atom is 0.180 e. The van der Waals surface area contributed by atoms with E-state index in [9.17, 15) is 0 Å². The van der Waals surface area contributed by atoms with Gasteiger partial charge in [0.05, 0.1) is 18.9 Å². The number of hydrogen-bond acceptors (Lipinski definition) is 4. The molecule has 0 amide bonds. The average molecular weight is 238 g/mol. The molecule has 16 heavy (non-hydrogen) atoms. The summed E-state index contributed by atoms with van der Waals surface area (Å²) in [5.41, 5.74) is 8.22. The van der Waals surface area contributed by atoms with Gasteiger partial charge in [-0.15, -0.1) is 11.3 Å². The van der Waals surface area contributed by atoms with Gasteiger partial charge in [-0.2, -0.15) is 0 Å². The van der Waals surface area contributed by atoms with E-state index in [1.54, 1.807) is 11.3 Å². The van der Waals surface area contributed by atoms with Gasteiger partial charge in [-0.3, -0.25) is 0 Å². The van der Waals surface area contributed by atoms with Crippen molar-refractivity contribution in [1.82, 2.24) is 4.98 Å². The molecule has 0 fully saturated rings. The van der Waals surface area contributed by atoms with Crippen LogP contribution in [0.5, 0.6) is 0 Å². The van der Waals surface area contributed by atoms with Crippen LogP contribution in [0.25, 0.3) is 5.57 Å². The average Bonchev–Trinajstić information content (AvgIpc) is 2.60. The fourth-order valence-electron chi connectivity index (χ4n) is 1.87. The molecule has 3 nitrogen and oxygen atoms in total. The molecule has 4 heteroatoms. The van der Waals surface area contributed by atoms with E-state index in [4.69, 9.17) is 10.5 Å². The van der Waals surface area contributed by atoms with Crippen LogP contribution in [0.1, 0.15) is 30.8 Å². The quantitative estimate of drug-likeness (QED) is 0.880. The molecule has 0 aliphatic carbocycles. The number of rotatable bonds is 3. The van der Waals surface area contributed by atoms with E-state index >= 15 is 0 Å². The first kappa shape index (κ1) is 11.6. The van der Waals surface area contributed by atoms with Crippen LogP contribution in [0.2, 0.25) is 0 Å². The Hall–Kier alpha value is -0.870. The van der Waals surface area contributed by atoms with Crippen molar-refractivity contribution >= 4 is 22.0 Å². The summed E-state index contributed by atoms with van der Waals surface area (Å²) >= 11 is 1.62. The minimum Gasteiger partial charge on any atom is -0.377 e. The number of aromatic nitrogens is 1. The van der Waals surface area contributed by atoms with E-state index in [-0.39, 0.29) is 0 Å². The lowest BCUT2D eigenvalue weighted by Gasteiger charge is -2.13. The monoisotopic (exact) mass is 238 g/mol. The van der Waals surface area contributed by atoms with Gasteiger partial charge < -0.3 is 10.5 Å². The van der Waals surface area contributed by atoms with E-state index in [2.05, 4.69) is 24.9 Å². The Morgan fingerprint density at radius 1 is 1.56 bits per heavy atom. The van der Waals surface area contributed by atoms with Gasteiger partial charge in [0.1, 0.15) is 0 Å². The Kier molecular flexibility index (Phi) is 3.61. The van der Waals surface area contributed by atoms with Crippen molar-refractivity contribution < 1.29 is 4.74 Å². The summed E-state index contributed by atoms with van der Waals surface area (Å²) in [6.45, 7) is 5.94. The number of nitrogens with two attached hydrogens (primary N) is 1. The number of nitrogens with zero attached hydrogens (tertiary/aromatic N) is 1. The number of anilines is 1. The summed E-state index contributed by atoms with van der Waals surface area (Å²) in [6.07, 6.45) is 4.14. The molecular weight excluding hydrogens is 220 g/mol. The lowest BCUT2D eigenvalue weighted by molar-refractivity contribution is 0.161. The third kappa shape index (κ3) is 2.62. The molecule has 0 spiro atoms.